The molecule has 5 heteroatoms. The van der Waals surface area contributed by atoms with Crippen molar-refractivity contribution in [2.24, 2.45) is 5.92 Å². The monoisotopic (exact) mass is 350 g/mol. The molecule has 1 saturated carbocycles. The van der Waals surface area contributed by atoms with Gasteiger partial charge in [-0.05, 0) is 37.2 Å². The first-order chi connectivity index (χ1) is 11.6. The van der Waals surface area contributed by atoms with Crippen molar-refractivity contribution >= 4 is 14.0 Å². The number of hydrogen-bond donors (Lipinski definition) is 1. The van der Waals surface area contributed by atoms with Crippen molar-refractivity contribution in [2.45, 2.75) is 44.9 Å². The Morgan fingerprint density at radius 1 is 1.21 bits per heavy atom. The average molecular weight is 350 g/mol. The quantitative estimate of drug-likeness (QED) is 0.398. The highest BCUT2D eigenvalue weighted by atomic mass is 31.1. The van der Waals surface area contributed by atoms with Crippen LogP contribution in [0.5, 0.6) is 0 Å². The van der Waals surface area contributed by atoms with E-state index in [2.05, 4.69) is 12.1 Å². The summed E-state index contributed by atoms with van der Waals surface area (Å²) in [6.07, 6.45) is 9.13. The Hall–Kier alpha value is -1.38. The van der Waals surface area contributed by atoms with Gasteiger partial charge in [0.15, 0.2) is 8.03 Å². The van der Waals surface area contributed by atoms with Gasteiger partial charge in [-0.15, -0.1) is 0 Å². The molecule has 0 aromatic heterocycles. The smallest absolute Gasteiger partial charge is 0.331 e. The third-order valence-corrected chi connectivity index (χ3v) is 5.61. The zero-order chi connectivity index (χ0) is 17.2. The van der Waals surface area contributed by atoms with Crippen LogP contribution in [0.1, 0.15) is 44.1 Å². The highest BCUT2D eigenvalue weighted by Gasteiger charge is 2.17. The van der Waals surface area contributed by atoms with Crippen molar-refractivity contribution in [3.8, 4) is 0 Å². The second-order valence-electron chi connectivity index (χ2n) is 6.38. The summed E-state index contributed by atoms with van der Waals surface area (Å²) < 4.78 is 17.4. The lowest BCUT2D eigenvalue weighted by molar-refractivity contribution is -0.132. The van der Waals surface area contributed by atoms with Crippen LogP contribution in [0.2, 0.25) is 0 Å². The van der Waals surface area contributed by atoms with Crippen LogP contribution in [-0.4, -0.2) is 23.8 Å². The number of carboxylic acids is 1. The molecule has 1 fully saturated rings. The van der Waals surface area contributed by atoms with E-state index in [1.807, 2.05) is 24.3 Å². The first-order valence-electron chi connectivity index (χ1n) is 8.78. The summed E-state index contributed by atoms with van der Waals surface area (Å²) in [4.78, 5) is 11.4. The molecule has 1 aromatic rings. The zero-order valence-electron chi connectivity index (χ0n) is 14.1. The second-order valence-corrected chi connectivity index (χ2v) is 7.77. The van der Waals surface area contributed by atoms with Gasteiger partial charge in [-0.3, -0.25) is 4.57 Å². The van der Waals surface area contributed by atoms with Gasteiger partial charge in [0, 0.05) is 5.57 Å². The lowest BCUT2D eigenvalue weighted by Gasteiger charge is -2.19. The Labute approximate surface area is 144 Å². The molecule has 1 N–H and O–H groups in total. The lowest BCUT2D eigenvalue weighted by Crippen LogP contribution is -2.10. The fourth-order valence-electron chi connectivity index (χ4n) is 3.10. The largest absolute Gasteiger partial charge is 0.478 e. The van der Waals surface area contributed by atoms with E-state index >= 15 is 0 Å². The molecule has 0 radical (unpaired) electrons. The molecule has 2 rings (SSSR count). The molecule has 132 valence electrons. The molecule has 0 heterocycles. The third kappa shape index (κ3) is 7.02. The molecular weight excluding hydrogens is 323 g/mol. The van der Waals surface area contributed by atoms with Crippen molar-refractivity contribution in [1.29, 1.82) is 0 Å². The molecule has 0 bridgehead atoms. The predicted molar refractivity (Wildman–Crippen MR) is 96.9 cm³/mol. The normalized spacial score (nSPS) is 17.6. The minimum absolute atomic E-state index is 0.0435. The molecule has 0 amide bonds. The molecule has 4 nitrogen and oxygen atoms in total. The maximum atomic E-state index is 12.1. The molecule has 1 aliphatic rings. The summed E-state index contributed by atoms with van der Waals surface area (Å²) in [6.45, 7) is 0.406. The van der Waals surface area contributed by atoms with Crippen molar-refractivity contribution in [3.63, 3.8) is 0 Å². The minimum Gasteiger partial charge on any atom is -0.478 e. The number of carboxylic acid groups (broad SMARTS) is 1. The summed E-state index contributed by atoms with van der Waals surface area (Å²) in [5, 5.41) is 9.33. The van der Waals surface area contributed by atoms with E-state index in [0.29, 0.717) is 12.5 Å². The Morgan fingerprint density at radius 2 is 1.92 bits per heavy atom. The number of aliphatic carboxylic acids is 1. The van der Waals surface area contributed by atoms with Crippen molar-refractivity contribution in [2.75, 3.05) is 12.8 Å². The van der Waals surface area contributed by atoms with Gasteiger partial charge in [0.05, 0.1) is 12.8 Å². The van der Waals surface area contributed by atoms with E-state index < -0.39 is 14.0 Å². The van der Waals surface area contributed by atoms with Gasteiger partial charge in [0.2, 0.25) is 0 Å². The lowest BCUT2D eigenvalue weighted by atomic mass is 9.88. The molecule has 1 atom stereocenters. The number of benzene rings is 1. The van der Waals surface area contributed by atoms with Crippen LogP contribution in [0.4, 0.5) is 0 Å². The highest BCUT2D eigenvalue weighted by molar-refractivity contribution is 7.39. The Balaban J connectivity index is 1.74. The van der Waals surface area contributed by atoms with E-state index in [4.69, 9.17) is 4.52 Å². The molecular formula is C19H27O4P. The van der Waals surface area contributed by atoms with Gasteiger partial charge in [0.25, 0.3) is 0 Å². The fraction of sp³-hybridized carbons (Fsp3) is 0.526. The van der Waals surface area contributed by atoms with Crippen LogP contribution in [-0.2, 0) is 20.3 Å². The van der Waals surface area contributed by atoms with Gasteiger partial charge in [-0.2, -0.15) is 0 Å². The first kappa shape index (κ1) is 19.0. The summed E-state index contributed by atoms with van der Waals surface area (Å²) in [5.74, 6) is -0.649. The summed E-state index contributed by atoms with van der Waals surface area (Å²) in [6, 6.07) is 10.1. The van der Waals surface area contributed by atoms with Gasteiger partial charge in [-0.25, -0.2) is 4.79 Å². The third-order valence-electron chi connectivity index (χ3n) is 4.41. The van der Waals surface area contributed by atoms with Gasteiger partial charge in [-0.1, -0.05) is 55.7 Å². The van der Waals surface area contributed by atoms with Crippen LogP contribution in [0.25, 0.3) is 0 Å². The second kappa shape index (κ2) is 10.5. The Morgan fingerprint density at radius 3 is 2.58 bits per heavy atom. The van der Waals surface area contributed by atoms with Gasteiger partial charge < -0.3 is 9.63 Å². The molecule has 24 heavy (non-hydrogen) atoms. The molecule has 1 unspecified atom stereocenters. The highest BCUT2D eigenvalue weighted by Crippen LogP contribution is 2.30. The molecule has 0 spiro atoms. The zero-order valence-corrected chi connectivity index (χ0v) is 15.1. The number of carbonyl (C=O) groups is 1. The Kier molecular flexibility index (Phi) is 8.27. The van der Waals surface area contributed by atoms with Crippen molar-refractivity contribution in [1.82, 2.24) is 0 Å². The molecule has 0 saturated heterocycles. The molecule has 1 aromatic carbocycles. The maximum absolute atomic E-state index is 12.1. The first-order valence-corrected chi connectivity index (χ1v) is 10.3. The standard InChI is InChI=1S/C19H27O4P/c20-19(21)18(14-17-10-5-2-6-11-17)15-24(22)23-13-7-12-16-8-3-1-4-9-16/h1,3-4,8-9,14,17,24H,2,5-7,10-13,15H2,(H,20,21). The van der Waals surface area contributed by atoms with Crippen LogP contribution in [0.3, 0.4) is 0 Å². The van der Waals surface area contributed by atoms with Crippen molar-refractivity contribution < 1.29 is 19.0 Å². The summed E-state index contributed by atoms with van der Waals surface area (Å²) in [7, 11) is -2.34. The molecule has 0 aliphatic heterocycles. The minimum atomic E-state index is -2.34. The van der Waals surface area contributed by atoms with E-state index in [1.165, 1.54) is 12.0 Å². The van der Waals surface area contributed by atoms with Gasteiger partial charge in [0.1, 0.15) is 0 Å². The predicted octanol–water partition coefficient (Wildman–Crippen LogP) is 4.70. The van der Waals surface area contributed by atoms with E-state index in [-0.39, 0.29) is 11.7 Å². The number of hydrogen-bond acceptors (Lipinski definition) is 3. The van der Waals surface area contributed by atoms with Crippen LogP contribution < -0.4 is 0 Å². The number of allylic oxidation sites excluding steroid dienone is 1. The summed E-state index contributed by atoms with van der Waals surface area (Å²) in [5.41, 5.74) is 1.48. The van der Waals surface area contributed by atoms with E-state index in [1.54, 1.807) is 0 Å². The Bertz CT molecular complexity index is 562. The van der Waals surface area contributed by atoms with E-state index in [0.717, 1.165) is 38.5 Å². The van der Waals surface area contributed by atoms with Crippen LogP contribution >= 0.6 is 8.03 Å². The topological polar surface area (TPSA) is 63.6 Å². The SMILES string of the molecule is O=C(O)C(=CC1CCCCC1)C[PH](=O)OCCCc1ccccc1. The van der Waals surface area contributed by atoms with E-state index in [9.17, 15) is 14.5 Å². The maximum Gasteiger partial charge on any atom is 0.331 e. The van der Waals surface area contributed by atoms with Gasteiger partial charge >= 0.3 is 5.97 Å². The van der Waals surface area contributed by atoms with Crippen LogP contribution in [0.15, 0.2) is 42.0 Å². The number of aryl methyl sites for hydroxylation is 1. The fourth-order valence-corrected chi connectivity index (χ4v) is 4.16. The summed E-state index contributed by atoms with van der Waals surface area (Å²) >= 11 is 0. The number of rotatable bonds is 9. The molecule has 1 aliphatic carbocycles. The average Bonchev–Trinajstić information content (AvgIpc) is 2.60. The van der Waals surface area contributed by atoms with Crippen molar-refractivity contribution in [3.05, 3.63) is 47.5 Å². The van der Waals surface area contributed by atoms with Crippen LogP contribution in [0, 0.1) is 5.92 Å².